The zero-order valence-electron chi connectivity index (χ0n) is 10.4. The van der Waals surface area contributed by atoms with Gasteiger partial charge < -0.3 is 5.32 Å². The molecule has 0 amide bonds. The topological polar surface area (TPSA) is 29.9 Å². The Balaban J connectivity index is 2.39. The lowest BCUT2D eigenvalue weighted by atomic mass is 10.1. The van der Waals surface area contributed by atoms with Crippen molar-refractivity contribution in [2.45, 2.75) is 32.7 Å². The summed E-state index contributed by atoms with van der Waals surface area (Å²) in [4.78, 5) is 0. The van der Waals surface area contributed by atoms with Gasteiger partial charge in [-0.05, 0) is 39.8 Å². The molecular formula is C12H20ClN3. The third-order valence-corrected chi connectivity index (χ3v) is 2.47. The van der Waals surface area contributed by atoms with Crippen molar-refractivity contribution in [2.24, 2.45) is 7.05 Å². The van der Waals surface area contributed by atoms with Gasteiger partial charge in [0.25, 0.3) is 0 Å². The molecule has 0 aliphatic heterocycles. The van der Waals surface area contributed by atoms with Gasteiger partial charge >= 0.3 is 0 Å². The minimum Gasteiger partial charge on any atom is -0.312 e. The molecule has 0 spiro atoms. The van der Waals surface area contributed by atoms with Gasteiger partial charge in [-0.3, -0.25) is 4.68 Å². The molecule has 0 atom stereocenters. The lowest BCUT2D eigenvalue weighted by Crippen LogP contribution is -2.36. The van der Waals surface area contributed by atoms with Gasteiger partial charge in [0.15, 0.2) is 0 Å². The molecule has 3 nitrogen and oxygen atoms in total. The van der Waals surface area contributed by atoms with E-state index in [1.807, 2.05) is 13.1 Å². The lowest BCUT2D eigenvalue weighted by molar-refractivity contribution is 0.431. The van der Waals surface area contributed by atoms with Crippen LogP contribution in [0.5, 0.6) is 0 Å². The molecule has 1 heterocycles. The average Bonchev–Trinajstić information content (AvgIpc) is 2.46. The summed E-state index contributed by atoms with van der Waals surface area (Å²) in [6.07, 6.45) is 6.77. The first-order valence-electron chi connectivity index (χ1n) is 5.49. The van der Waals surface area contributed by atoms with E-state index in [1.165, 1.54) is 0 Å². The van der Waals surface area contributed by atoms with Crippen LogP contribution in [0.3, 0.4) is 0 Å². The molecule has 0 saturated carbocycles. The summed E-state index contributed by atoms with van der Waals surface area (Å²) >= 11 is 5.98. The number of nitrogens with zero attached hydrogens (tertiary/aromatic N) is 2. The highest BCUT2D eigenvalue weighted by Gasteiger charge is 2.06. The van der Waals surface area contributed by atoms with Crippen molar-refractivity contribution < 1.29 is 0 Å². The molecule has 1 aromatic heterocycles. The number of aryl methyl sites for hydroxylation is 1. The first kappa shape index (κ1) is 13.3. The molecule has 0 saturated heterocycles. The van der Waals surface area contributed by atoms with Crippen LogP contribution in [0.4, 0.5) is 0 Å². The van der Waals surface area contributed by atoms with E-state index < -0.39 is 0 Å². The lowest BCUT2D eigenvalue weighted by Gasteiger charge is -2.19. The molecule has 90 valence electrons. The van der Waals surface area contributed by atoms with Gasteiger partial charge in [0.1, 0.15) is 0 Å². The highest BCUT2D eigenvalue weighted by atomic mass is 35.5. The van der Waals surface area contributed by atoms with Crippen molar-refractivity contribution in [3.8, 4) is 0 Å². The van der Waals surface area contributed by atoms with Crippen molar-refractivity contribution in [1.82, 2.24) is 15.1 Å². The first-order chi connectivity index (χ1) is 7.40. The summed E-state index contributed by atoms with van der Waals surface area (Å²) in [5.41, 5.74) is 1.13. The highest BCUT2D eigenvalue weighted by Crippen LogP contribution is 2.15. The molecule has 1 rings (SSSR count). The predicted octanol–water partition coefficient (Wildman–Crippen LogP) is 2.86. The van der Waals surface area contributed by atoms with Gasteiger partial charge in [-0.2, -0.15) is 5.10 Å². The van der Waals surface area contributed by atoms with E-state index in [2.05, 4.69) is 37.3 Å². The molecule has 1 aromatic rings. The molecule has 0 aliphatic rings. The maximum Gasteiger partial charge on any atom is 0.0859 e. The van der Waals surface area contributed by atoms with Gasteiger partial charge in [-0.25, -0.2) is 0 Å². The fourth-order valence-electron chi connectivity index (χ4n) is 1.33. The van der Waals surface area contributed by atoms with Crippen LogP contribution in [-0.4, -0.2) is 21.9 Å². The smallest absolute Gasteiger partial charge is 0.0859 e. The van der Waals surface area contributed by atoms with E-state index in [0.717, 1.165) is 18.7 Å². The largest absolute Gasteiger partial charge is 0.312 e. The minimum absolute atomic E-state index is 0.179. The summed E-state index contributed by atoms with van der Waals surface area (Å²) in [6.45, 7) is 7.45. The van der Waals surface area contributed by atoms with Gasteiger partial charge in [-0.15, -0.1) is 0 Å². The Morgan fingerprint density at radius 3 is 2.69 bits per heavy atom. The quantitative estimate of drug-likeness (QED) is 0.822. The average molecular weight is 242 g/mol. The van der Waals surface area contributed by atoms with E-state index in [9.17, 15) is 0 Å². The van der Waals surface area contributed by atoms with E-state index in [-0.39, 0.29) is 5.54 Å². The van der Waals surface area contributed by atoms with E-state index in [0.29, 0.717) is 5.02 Å². The number of hydrogen-bond donors (Lipinski definition) is 1. The summed E-state index contributed by atoms with van der Waals surface area (Å²) in [5, 5.41) is 8.19. The van der Waals surface area contributed by atoms with Gasteiger partial charge in [0.05, 0.1) is 16.9 Å². The Hall–Kier alpha value is -0.800. The monoisotopic (exact) mass is 241 g/mol. The molecule has 16 heavy (non-hydrogen) atoms. The Labute approximate surface area is 102 Å². The molecule has 0 aliphatic carbocycles. The molecular weight excluding hydrogens is 222 g/mol. The van der Waals surface area contributed by atoms with Crippen LogP contribution in [0.2, 0.25) is 5.02 Å². The van der Waals surface area contributed by atoms with Crippen molar-refractivity contribution >= 4 is 17.7 Å². The zero-order valence-corrected chi connectivity index (χ0v) is 11.2. The second-order valence-electron chi connectivity index (χ2n) is 4.87. The molecule has 0 aromatic carbocycles. The van der Waals surface area contributed by atoms with Crippen molar-refractivity contribution in [3.05, 3.63) is 23.0 Å². The van der Waals surface area contributed by atoms with Gasteiger partial charge in [-0.1, -0.05) is 17.7 Å². The molecule has 0 radical (unpaired) electrons. The molecule has 0 unspecified atom stereocenters. The van der Waals surface area contributed by atoms with Crippen LogP contribution in [0.25, 0.3) is 6.08 Å². The number of aromatic nitrogens is 2. The molecule has 4 heteroatoms. The Kier molecular flexibility index (Phi) is 4.56. The summed E-state index contributed by atoms with van der Waals surface area (Å²) in [6, 6.07) is 0. The van der Waals surface area contributed by atoms with Gasteiger partial charge in [0.2, 0.25) is 0 Å². The zero-order chi connectivity index (χ0) is 12.2. The normalized spacial score (nSPS) is 12.6. The van der Waals surface area contributed by atoms with Crippen LogP contribution in [-0.2, 0) is 7.05 Å². The Morgan fingerprint density at radius 2 is 2.19 bits per heavy atom. The summed E-state index contributed by atoms with van der Waals surface area (Å²) in [7, 11) is 1.89. The minimum atomic E-state index is 0.179. The molecule has 0 bridgehead atoms. The Bertz CT molecular complexity index is 341. The van der Waals surface area contributed by atoms with E-state index in [1.54, 1.807) is 10.9 Å². The van der Waals surface area contributed by atoms with Crippen LogP contribution in [0.15, 0.2) is 12.3 Å². The van der Waals surface area contributed by atoms with Crippen LogP contribution < -0.4 is 5.32 Å². The van der Waals surface area contributed by atoms with Crippen molar-refractivity contribution in [1.29, 1.82) is 0 Å². The third-order valence-electron chi connectivity index (χ3n) is 2.18. The standard InChI is InChI=1S/C12H20ClN3/c1-12(2,3)14-8-6-5-7-11-10(13)9-15-16(11)4/h5,7,9,14H,6,8H2,1-4H3/b7-5+. The second-order valence-corrected chi connectivity index (χ2v) is 5.28. The first-order valence-corrected chi connectivity index (χ1v) is 5.87. The van der Waals surface area contributed by atoms with Crippen LogP contribution in [0, 0.1) is 0 Å². The summed E-state index contributed by atoms with van der Waals surface area (Å²) in [5.74, 6) is 0. The Morgan fingerprint density at radius 1 is 1.50 bits per heavy atom. The maximum atomic E-state index is 5.98. The van der Waals surface area contributed by atoms with Crippen LogP contribution in [0.1, 0.15) is 32.9 Å². The number of rotatable bonds is 4. The fourth-order valence-corrected chi connectivity index (χ4v) is 1.56. The van der Waals surface area contributed by atoms with Crippen molar-refractivity contribution in [2.75, 3.05) is 6.54 Å². The van der Waals surface area contributed by atoms with E-state index >= 15 is 0 Å². The van der Waals surface area contributed by atoms with E-state index in [4.69, 9.17) is 11.6 Å². The maximum absolute atomic E-state index is 5.98. The number of nitrogens with one attached hydrogen (secondary N) is 1. The number of halogens is 1. The second kappa shape index (κ2) is 5.51. The molecule has 0 fully saturated rings. The van der Waals surface area contributed by atoms with Crippen LogP contribution >= 0.6 is 11.6 Å². The predicted molar refractivity (Wildman–Crippen MR) is 69.6 cm³/mol. The van der Waals surface area contributed by atoms with Gasteiger partial charge in [0, 0.05) is 12.6 Å². The molecule has 1 N–H and O–H groups in total. The number of hydrogen-bond acceptors (Lipinski definition) is 2. The fraction of sp³-hybridized carbons (Fsp3) is 0.583. The highest BCUT2D eigenvalue weighted by molar-refractivity contribution is 6.31. The van der Waals surface area contributed by atoms with Crippen molar-refractivity contribution in [3.63, 3.8) is 0 Å². The summed E-state index contributed by atoms with van der Waals surface area (Å²) < 4.78 is 1.77. The third kappa shape index (κ3) is 4.37. The SMILES string of the molecule is Cn1ncc(Cl)c1/C=C/CCNC(C)(C)C.